The van der Waals surface area contributed by atoms with E-state index in [1.54, 1.807) is 23.0 Å². The van der Waals surface area contributed by atoms with Gasteiger partial charge in [0.2, 0.25) is 0 Å². The van der Waals surface area contributed by atoms with E-state index in [1.807, 2.05) is 13.0 Å². The highest BCUT2D eigenvalue weighted by atomic mass is 16.5. The maximum absolute atomic E-state index is 12.6. The molecule has 1 aromatic carbocycles. The fraction of sp³-hybridized carbons (Fsp3) is 0.550. The summed E-state index contributed by atoms with van der Waals surface area (Å²) >= 11 is 0. The molecule has 3 rings (SSSR count). The number of anilines is 1. The summed E-state index contributed by atoms with van der Waals surface area (Å²) in [5.74, 6) is 1.03. The van der Waals surface area contributed by atoms with Crippen LogP contribution in [0.1, 0.15) is 56.1 Å². The van der Waals surface area contributed by atoms with Gasteiger partial charge in [-0.2, -0.15) is 0 Å². The van der Waals surface area contributed by atoms with E-state index in [4.69, 9.17) is 9.47 Å². The number of nitrogens with zero attached hydrogens (tertiary/aromatic N) is 3. The summed E-state index contributed by atoms with van der Waals surface area (Å²) in [5, 5.41) is 14.4. The third kappa shape index (κ3) is 5.22. The first-order chi connectivity index (χ1) is 13.7. The molecular formula is C20H29N5O3. The lowest BCUT2D eigenvalue weighted by Gasteiger charge is -2.22. The van der Waals surface area contributed by atoms with Crippen molar-refractivity contribution in [3.63, 3.8) is 0 Å². The van der Waals surface area contributed by atoms with E-state index in [2.05, 4.69) is 27.9 Å². The van der Waals surface area contributed by atoms with E-state index in [0.717, 1.165) is 38.8 Å². The molecule has 1 amide bonds. The Morgan fingerprint density at radius 2 is 1.89 bits per heavy atom. The fourth-order valence-corrected chi connectivity index (χ4v) is 3.07. The normalized spacial score (nSPS) is 14.6. The first kappa shape index (κ1) is 20.1. The molecule has 2 N–H and O–H groups in total. The lowest BCUT2D eigenvalue weighted by atomic mass is 10.1. The molecule has 0 bridgehead atoms. The number of benzene rings is 1. The van der Waals surface area contributed by atoms with Crippen LogP contribution in [0.5, 0.6) is 11.5 Å². The van der Waals surface area contributed by atoms with Crippen LogP contribution in [0.2, 0.25) is 0 Å². The Hall–Kier alpha value is -2.61. The van der Waals surface area contributed by atoms with Crippen LogP contribution in [0.25, 0.3) is 0 Å². The molecule has 1 saturated heterocycles. The number of ether oxygens (including phenoxy) is 2. The highest BCUT2D eigenvalue weighted by Gasteiger charge is 2.19. The molecule has 0 unspecified atom stereocenters. The highest BCUT2D eigenvalue weighted by molar-refractivity contribution is 6.02. The second kappa shape index (κ2) is 10.1. The molecule has 8 heteroatoms. The summed E-state index contributed by atoms with van der Waals surface area (Å²) < 4.78 is 13.3. The minimum absolute atomic E-state index is 0.288. The van der Waals surface area contributed by atoms with Gasteiger partial charge in [-0.15, -0.1) is 5.10 Å². The molecule has 0 aliphatic carbocycles. The predicted octanol–water partition coefficient (Wildman–Crippen LogP) is 3.03. The molecule has 8 nitrogen and oxygen atoms in total. The molecule has 2 aromatic rings. The average Bonchev–Trinajstić information content (AvgIpc) is 3.22. The van der Waals surface area contributed by atoms with E-state index in [0.29, 0.717) is 42.1 Å². The molecule has 1 aliphatic heterocycles. The topological polar surface area (TPSA) is 90.3 Å². The number of carbonyl (C=O) groups is 1. The van der Waals surface area contributed by atoms with E-state index >= 15 is 0 Å². The van der Waals surface area contributed by atoms with E-state index in [-0.39, 0.29) is 5.91 Å². The summed E-state index contributed by atoms with van der Waals surface area (Å²) in [4.78, 5) is 12.6. The molecule has 0 spiro atoms. The van der Waals surface area contributed by atoms with E-state index in [9.17, 15) is 4.79 Å². The monoisotopic (exact) mass is 387 g/mol. The van der Waals surface area contributed by atoms with Crippen LogP contribution >= 0.6 is 0 Å². The Bertz CT molecular complexity index is 771. The lowest BCUT2D eigenvalue weighted by molar-refractivity contribution is 0.102. The van der Waals surface area contributed by atoms with Crippen LogP contribution in [0.4, 0.5) is 5.69 Å². The quantitative estimate of drug-likeness (QED) is 0.687. The smallest absolute Gasteiger partial charge is 0.277 e. The number of aromatic nitrogens is 3. The van der Waals surface area contributed by atoms with Crippen LogP contribution in [-0.4, -0.2) is 47.2 Å². The van der Waals surface area contributed by atoms with Crippen molar-refractivity contribution in [2.45, 2.75) is 45.6 Å². The number of amides is 1. The van der Waals surface area contributed by atoms with Crippen molar-refractivity contribution < 1.29 is 14.3 Å². The van der Waals surface area contributed by atoms with Gasteiger partial charge in [0.15, 0.2) is 17.2 Å². The van der Waals surface area contributed by atoms with E-state index < -0.39 is 0 Å². The zero-order chi connectivity index (χ0) is 19.8. The van der Waals surface area contributed by atoms with Gasteiger partial charge in [-0.05, 0) is 50.9 Å². The summed E-state index contributed by atoms with van der Waals surface area (Å²) in [7, 11) is 0. The molecule has 1 aliphatic rings. The fourth-order valence-electron chi connectivity index (χ4n) is 3.07. The van der Waals surface area contributed by atoms with Gasteiger partial charge >= 0.3 is 0 Å². The first-order valence-corrected chi connectivity index (χ1v) is 10.0. The zero-order valence-electron chi connectivity index (χ0n) is 16.6. The third-order valence-electron chi connectivity index (χ3n) is 4.55. The second-order valence-corrected chi connectivity index (χ2v) is 6.88. The number of carbonyl (C=O) groups excluding carboxylic acids is 1. The number of rotatable bonds is 9. The van der Waals surface area contributed by atoms with Gasteiger partial charge < -0.3 is 20.1 Å². The standard InChI is InChI=1S/C20H29N5O3/c1-3-11-27-18-6-5-15(13-19(18)28-12-4-2)22-20(26)17-14-25(24-23-17)16-7-9-21-10-8-16/h5-6,13-14,16,21H,3-4,7-12H2,1-2H3,(H,22,26). The van der Waals surface area contributed by atoms with Crippen molar-refractivity contribution in [3.8, 4) is 11.5 Å². The summed E-state index contributed by atoms with van der Waals surface area (Å²) in [6.45, 7) is 7.22. The van der Waals surface area contributed by atoms with Crippen LogP contribution < -0.4 is 20.1 Å². The summed E-state index contributed by atoms with van der Waals surface area (Å²) in [6, 6.07) is 5.70. The Kier molecular flexibility index (Phi) is 7.25. The molecular weight excluding hydrogens is 358 g/mol. The van der Waals surface area contributed by atoms with Crippen LogP contribution in [-0.2, 0) is 0 Å². The van der Waals surface area contributed by atoms with Crippen molar-refractivity contribution in [1.82, 2.24) is 20.3 Å². The predicted molar refractivity (Wildman–Crippen MR) is 107 cm³/mol. The third-order valence-corrected chi connectivity index (χ3v) is 4.55. The van der Waals surface area contributed by atoms with Gasteiger partial charge in [-0.25, -0.2) is 4.68 Å². The van der Waals surface area contributed by atoms with Crippen LogP contribution in [0, 0.1) is 0 Å². The van der Waals surface area contributed by atoms with Crippen molar-refractivity contribution in [2.24, 2.45) is 0 Å². The van der Waals surface area contributed by atoms with Crippen molar-refractivity contribution in [3.05, 3.63) is 30.1 Å². The maximum Gasteiger partial charge on any atom is 0.277 e. The molecule has 152 valence electrons. The van der Waals surface area contributed by atoms with Crippen molar-refractivity contribution in [2.75, 3.05) is 31.6 Å². The molecule has 2 heterocycles. The van der Waals surface area contributed by atoms with Gasteiger partial charge in [0.1, 0.15) is 0 Å². The molecule has 1 aromatic heterocycles. The molecule has 0 radical (unpaired) electrons. The molecule has 28 heavy (non-hydrogen) atoms. The number of nitrogens with one attached hydrogen (secondary N) is 2. The van der Waals surface area contributed by atoms with Gasteiger partial charge in [0, 0.05) is 11.8 Å². The van der Waals surface area contributed by atoms with Gasteiger partial charge in [-0.1, -0.05) is 19.1 Å². The largest absolute Gasteiger partial charge is 0.490 e. The molecule has 1 fully saturated rings. The second-order valence-electron chi connectivity index (χ2n) is 6.88. The van der Waals surface area contributed by atoms with Crippen molar-refractivity contribution >= 4 is 11.6 Å². The Morgan fingerprint density at radius 3 is 2.61 bits per heavy atom. The highest BCUT2D eigenvalue weighted by Crippen LogP contribution is 2.31. The van der Waals surface area contributed by atoms with Crippen LogP contribution in [0.15, 0.2) is 24.4 Å². The number of hydrogen-bond acceptors (Lipinski definition) is 6. The number of hydrogen-bond donors (Lipinski definition) is 2. The minimum atomic E-state index is -0.288. The van der Waals surface area contributed by atoms with Gasteiger partial charge in [0.05, 0.1) is 25.5 Å². The molecule has 0 atom stereocenters. The van der Waals surface area contributed by atoms with Gasteiger partial charge in [-0.3, -0.25) is 4.79 Å². The Balaban J connectivity index is 1.68. The Morgan fingerprint density at radius 1 is 1.18 bits per heavy atom. The summed E-state index contributed by atoms with van der Waals surface area (Å²) in [5.41, 5.74) is 0.942. The number of piperidine rings is 1. The van der Waals surface area contributed by atoms with Crippen LogP contribution in [0.3, 0.4) is 0 Å². The first-order valence-electron chi connectivity index (χ1n) is 10.0. The maximum atomic E-state index is 12.6. The average molecular weight is 387 g/mol. The zero-order valence-corrected chi connectivity index (χ0v) is 16.6. The Labute approximate surface area is 165 Å². The SMILES string of the molecule is CCCOc1ccc(NC(=O)c2cn(C3CCNCC3)nn2)cc1OCCC. The summed E-state index contributed by atoms with van der Waals surface area (Å²) in [6.07, 6.45) is 5.50. The lowest BCUT2D eigenvalue weighted by Crippen LogP contribution is -2.29. The van der Waals surface area contributed by atoms with E-state index in [1.165, 1.54) is 0 Å². The minimum Gasteiger partial charge on any atom is -0.490 e. The van der Waals surface area contributed by atoms with Crippen molar-refractivity contribution in [1.29, 1.82) is 0 Å². The molecule has 0 saturated carbocycles. The van der Waals surface area contributed by atoms with Gasteiger partial charge in [0.25, 0.3) is 5.91 Å².